The maximum Gasteiger partial charge on any atom is 0.322 e. The Morgan fingerprint density at radius 2 is 1.62 bits per heavy atom. The van der Waals surface area contributed by atoms with Gasteiger partial charge in [-0.15, -0.1) is 0 Å². The zero-order valence-corrected chi connectivity index (χ0v) is 38.0. The Morgan fingerprint density at radius 1 is 0.967 bits per heavy atom. The van der Waals surface area contributed by atoms with Crippen LogP contribution in [-0.2, 0) is 45.0 Å². The number of nitrogens with one attached hydrogen (secondary N) is 2. The van der Waals surface area contributed by atoms with Crippen molar-refractivity contribution >= 4 is 39.4 Å². The Labute approximate surface area is 362 Å². The molecule has 2 aromatic rings. The van der Waals surface area contributed by atoms with Crippen LogP contribution in [-0.4, -0.2) is 96.3 Å². The van der Waals surface area contributed by atoms with E-state index in [4.69, 9.17) is 15.2 Å². The molecule has 14 nitrogen and oxygen atoms in total. The van der Waals surface area contributed by atoms with E-state index < -0.39 is 74.5 Å². The normalized spacial score (nSPS) is 18.3. The fraction of sp³-hybridized carbons (Fsp3) is 0.630. The maximum absolute atomic E-state index is 15.7. The van der Waals surface area contributed by atoms with Gasteiger partial charge in [-0.3, -0.25) is 28.9 Å². The molecule has 0 aromatic heterocycles. The molecule has 0 saturated heterocycles. The molecule has 4 amide bonds. The fourth-order valence-electron chi connectivity index (χ4n) is 8.62. The number of sulfone groups is 1. The van der Waals surface area contributed by atoms with E-state index in [1.165, 1.54) is 25.1 Å². The average molecular weight is 869 g/mol. The van der Waals surface area contributed by atoms with E-state index in [9.17, 15) is 32.7 Å². The lowest BCUT2D eigenvalue weighted by Gasteiger charge is -2.47. The minimum Gasteiger partial charge on any atom is -0.493 e. The summed E-state index contributed by atoms with van der Waals surface area (Å²) in [6, 6.07) is 10.8. The summed E-state index contributed by atoms with van der Waals surface area (Å²) in [5.41, 5.74) is 4.58. The van der Waals surface area contributed by atoms with Crippen LogP contribution in [0.25, 0.3) is 0 Å². The molecular weight excluding hydrogens is 801 g/mol. The smallest absolute Gasteiger partial charge is 0.322 e. The molecule has 1 heterocycles. The van der Waals surface area contributed by atoms with Gasteiger partial charge in [-0.05, 0) is 81.5 Å². The third kappa shape index (κ3) is 13.3. The molecule has 0 radical (unpaired) electrons. The minimum absolute atomic E-state index is 0.0438. The van der Waals surface area contributed by atoms with Crippen molar-refractivity contribution in [1.29, 1.82) is 0 Å². The standard InChI is InChI=1S/C46H68N4O10S/c1-29(2)25-46(50(31(5)51)43(55)37(47)21-32-15-11-9-12-16-32,36-27-59-40-20-19-34(23-35(36)40)61(57,58)28-42(54)60-45(6,7)8)44(56)49-38(22-33-17-13-10-14-18-33)39(52)24-41(53)48-26-30(3)4/h9,11-12,15-16,19-20,23,29-30,33,36-39,52H,10,13-14,17-18,21-22,24-28,47H2,1-8H3,(H,48,53)(H,49,56)/t36?,37-,38-,39?,46-/m0/s1. The molecule has 1 fully saturated rings. The summed E-state index contributed by atoms with van der Waals surface area (Å²) in [4.78, 5) is 71.3. The molecule has 2 aromatic carbocycles. The van der Waals surface area contributed by atoms with Gasteiger partial charge in [0.1, 0.15) is 16.9 Å². The predicted octanol–water partition coefficient (Wildman–Crippen LogP) is 4.99. The first-order chi connectivity index (χ1) is 28.5. The van der Waals surface area contributed by atoms with Gasteiger partial charge in [-0.2, -0.15) is 0 Å². The molecule has 1 aliphatic carbocycles. The molecule has 1 aliphatic heterocycles. The zero-order chi connectivity index (χ0) is 45.3. The van der Waals surface area contributed by atoms with E-state index in [0.717, 1.165) is 42.6 Å². The number of esters is 1. The highest BCUT2D eigenvalue weighted by Gasteiger charge is 2.58. The lowest BCUT2D eigenvalue weighted by atomic mass is 9.72. The van der Waals surface area contributed by atoms with E-state index in [-0.39, 0.29) is 65.7 Å². The van der Waals surface area contributed by atoms with Crippen LogP contribution in [0.3, 0.4) is 0 Å². The summed E-state index contributed by atoms with van der Waals surface area (Å²) < 4.78 is 39.0. The number of benzene rings is 2. The Hall–Kier alpha value is -4.34. The van der Waals surface area contributed by atoms with Gasteiger partial charge in [0.15, 0.2) is 15.6 Å². The molecular formula is C46H68N4O10S. The number of hydrogen-bond donors (Lipinski definition) is 4. The lowest BCUT2D eigenvalue weighted by molar-refractivity contribution is -0.162. The van der Waals surface area contributed by atoms with Gasteiger partial charge >= 0.3 is 5.97 Å². The molecule has 2 aliphatic rings. The Morgan fingerprint density at radius 3 is 2.21 bits per heavy atom. The van der Waals surface area contributed by atoms with Crippen LogP contribution in [0.5, 0.6) is 5.75 Å². The van der Waals surface area contributed by atoms with E-state index in [0.29, 0.717) is 13.0 Å². The van der Waals surface area contributed by atoms with E-state index in [2.05, 4.69) is 10.6 Å². The first-order valence-electron chi connectivity index (χ1n) is 21.6. The largest absolute Gasteiger partial charge is 0.493 e. The van der Waals surface area contributed by atoms with Crippen molar-refractivity contribution in [2.24, 2.45) is 23.5 Å². The number of imide groups is 1. The molecule has 4 rings (SSSR count). The average Bonchev–Trinajstić information content (AvgIpc) is 3.60. The molecule has 5 N–H and O–H groups in total. The van der Waals surface area contributed by atoms with Crippen LogP contribution in [0.15, 0.2) is 53.4 Å². The lowest BCUT2D eigenvalue weighted by Crippen LogP contribution is -2.69. The van der Waals surface area contributed by atoms with Crippen molar-refractivity contribution in [1.82, 2.24) is 15.5 Å². The SMILES string of the molecule is CC(=O)N(C(=O)[C@@H](N)Cc1ccccc1)[C@](CC(C)C)(C(=O)N[C@@H](CC1CCCCC1)C(O)CC(=O)NCC(C)C)C1COc2ccc(S(=O)(=O)CC(=O)OC(C)(C)C)cc21. The van der Waals surface area contributed by atoms with E-state index in [1.54, 1.807) is 45.0 Å². The topological polar surface area (TPSA) is 211 Å². The summed E-state index contributed by atoms with van der Waals surface area (Å²) in [6.07, 6.45) is 3.42. The monoisotopic (exact) mass is 868 g/mol. The first-order valence-corrected chi connectivity index (χ1v) is 23.3. The number of nitrogens with two attached hydrogens (primary N) is 1. The van der Waals surface area contributed by atoms with Crippen LogP contribution in [0.1, 0.15) is 124 Å². The number of carbonyl (C=O) groups is 5. The highest BCUT2D eigenvalue weighted by molar-refractivity contribution is 7.92. The van der Waals surface area contributed by atoms with Gasteiger partial charge in [-0.1, -0.05) is 90.1 Å². The molecule has 0 spiro atoms. The maximum atomic E-state index is 15.7. The van der Waals surface area contributed by atoms with E-state index in [1.807, 2.05) is 33.8 Å². The van der Waals surface area contributed by atoms with Gasteiger partial charge in [-0.25, -0.2) is 8.42 Å². The van der Waals surface area contributed by atoms with Crippen molar-refractivity contribution in [3.63, 3.8) is 0 Å². The van der Waals surface area contributed by atoms with Gasteiger partial charge in [0.25, 0.3) is 0 Å². The second kappa shape index (κ2) is 21.2. The summed E-state index contributed by atoms with van der Waals surface area (Å²) in [5.74, 6) is -5.63. The highest BCUT2D eigenvalue weighted by Crippen LogP contribution is 2.48. The van der Waals surface area contributed by atoms with Crippen LogP contribution in [0.2, 0.25) is 0 Å². The van der Waals surface area contributed by atoms with Gasteiger partial charge in [0, 0.05) is 19.0 Å². The number of hydrogen-bond acceptors (Lipinski definition) is 11. The Bertz CT molecular complexity index is 1960. The summed E-state index contributed by atoms with van der Waals surface area (Å²) in [6.45, 7) is 13.8. The van der Waals surface area contributed by atoms with Crippen LogP contribution >= 0.6 is 0 Å². The molecule has 61 heavy (non-hydrogen) atoms. The van der Waals surface area contributed by atoms with E-state index >= 15 is 4.79 Å². The van der Waals surface area contributed by atoms with Gasteiger partial charge in [0.2, 0.25) is 23.6 Å². The molecule has 0 bridgehead atoms. The van der Waals surface area contributed by atoms with Gasteiger partial charge < -0.3 is 30.9 Å². The predicted molar refractivity (Wildman–Crippen MR) is 232 cm³/mol. The number of aliphatic hydroxyl groups is 1. The molecule has 338 valence electrons. The summed E-state index contributed by atoms with van der Waals surface area (Å²) in [5, 5.41) is 17.7. The van der Waals surface area contributed by atoms with Crippen LogP contribution in [0.4, 0.5) is 0 Å². The number of amides is 4. The summed E-state index contributed by atoms with van der Waals surface area (Å²) in [7, 11) is -4.30. The molecule has 1 saturated carbocycles. The molecule has 2 unspecified atom stereocenters. The van der Waals surface area contributed by atoms with Crippen molar-refractivity contribution in [2.45, 2.75) is 153 Å². The third-order valence-electron chi connectivity index (χ3n) is 11.3. The minimum atomic E-state index is -4.30. The number of fused-ring (bicyclic) bond motifs is 1. The van der Waals surface area contributed by atoms with Crippen LogP contribution in [0, 0.1) is 17.8 Å². The van der Waals surface area contributed by atoms with Crippen molar-refractivity contribution in [3.8, 4) is 5.75 Å². The number of rotatable bonds is 19. The van der Waals surface area contributed by atoms with Crippen molar-refractivity contribution in [3.05, 3.63) is 59.7 Å². The second-order valence-corrected chi connectivity index (χ2v) is 20.7. The number of aliphatic hydroxyl groups excluding tert-OH is 1. The quantitative estimate of drug-likeness (QED) is 0.138. The van der Waals surface area contributed by atoms with Crippen molar-refractivity contribution < 1.29 is 47.0 Å². The fourth-order valence-corrected chi connectivity index (χ4v) is 9.74. The summed E-state index contributed by atoms with van der Waals surface area (Å²) >= 11 is 0. The zero-order valence-electron chi connectivity index (χ0n) is 37.2. The first kappa shape index (κ1) is 49.3. The van der Waals surface area contributed by atoms with Crippen LogP contribution < -0.4 is 21.1 Å². The third-order valence-corrected chi connectivity index (χ3v) is 12.9. The highest BCUT2D eigenvalue weighted by atomic mass is 32.2. The van der Waals surface area contributed by atoms with Gasteiger partial charge in [0.05, 0.1) is 42.0 Å². The van der Waals surface area contributed by atoms with Crippen molar-refractivity contribution in [2.75, 3.05) is 18.9 Å². The number of ether oxygens (including phenoxy) is 2. The Kier molecular flexibility index (Phi) is 17.1. The number of carbonyl (C=O) groups excluding carboxylic acids is 5. The molecule has 5 atom stereocenters. The number of nitrogens with zero attached hydrogens (tertiary/aromatic N) is 1. The molecule has 15 heteroatoms. The second-order valence-electron chi connectivity index (χ2n) is 18.7. The Balaban J connectivity index is 1.90.